The molecule has 1 aliphatic rings. The van der Waals surface area contributed by atoms with Gasteiger partial charge in [0.05, 0.1) is 22.3 Å². The van der Waals surface area contributed by atoms with Crippen molar-refractivity contribution in [1.29, 1.82) is 0 Å². The van der Waals surface area contributed by atoms with Crippen LogP contribution in [-0.4, -0.2) is 41.1 Å². The Morgan fingerprint density at radius 1 is 1.03 bits per heavy atom. The van der Waals surface area contributed by atoms with Crippen molar-refractivity contribution >= 4 is 52.2 Å². The van der Waals surface area contributed by atoms with Gasteiger partial charge in [-0.3, -0.25) is 4.79 Å². The molecule has 35 heavy (non-hydrogen) atoms. The van der Waals surface area contributed by atoms with Crippen LogP contribution < -0.4 is 14.8 Å². The molecule has 0 bridgehead atoms. The third-order valence-corrected chi connectivity index (χ3v) is 6.97. The molecule has 0 saturated carbocycles. The van der Waals surface area contributed by atoms with E-state index in [1.54, 1.807) is 34.4 Å². The fourth-order valence-electron chi connectivity index (χ4n) is 3.61. The SMILES string of the molecule is CC(C)N(CC(=O)N(Cc1ccc2c(c1)OCO2)Cc1cccs1)C(=O)Nc1c(Cl)cccc1Cl. The lowest BCUT2D eigenvalue weighted by molar-refractivity contribution is -0.133. The first kappa shape index (κ1) is 25.2. The minimum absolute atomic E-state index is 0.110. The molecule has 7 nitrogen and oxygen atoms in total. The van der Waals surface area contributed by atoms with E-state index in [-0.39, 0.29) is 25.3 Å². The minimum atomic E-state index is -0.456. The van der Waals surface area contributed by atoms with Crippen LogP contribution in [0.2, 0.25) is 10.0 Å². The second kappa shape index (κ2) is 11.2. The maximum Gasteiger partial charge on any atom is 0.322 e. The van der Waals surface area contributed by atoms with Gasteiger partial charge >= 0.3 is 6.03 Å². The quantitative estimate of drug-likeness (QED) is 0.371. The zero-order chi connectivity index (χ0) is 24.9. The number of halogens is 2. The highest BCUT2D eigenvalue weighted by molar-refractivity contribution is 7.09. The largest absolute Gasteiger partial charge is 0.454 e. The predicted octanol–water partition coefficient (Wildman–Crippen LogP) is 6.25. The topological polar surface area (TPSA) is 71.1 Å². The van der Waals surface area contributed by atoms with Crippen molar-refractivity contribution in [2.24, 2.45) is 0 Å². The average molecular weight is 534 g/mol. The Morgan fingerprint density at radius 3 is 2.46 bits per heavy atom. The number of benzene rings is 2. The molecule has 10 heteroatoms. The number of hydrogen-bond donors (Lipinski definition) is 1. The maximum absolute atomic E-state index is 13.5. The number of amides is 3. The lowest BCUT2D eigenvalue weighted by Crippen LogP contribution is -2.47. The smallest absolute Gasteiger partial charge is 0.322 e. The van der Waals surface area contributed by atoms with Crippen LogP contribution in [0.25, 0.3) is 0 Å². The predicted molar refractivity (Wildman–Crippen MR) is 138 cm³/mol. The Labute approximate surface area is 218 Å². The molecule has 3 aromatic rings. The van der Waals surface area contributed by atoms with Crippen molar-refractivity contribution in [2.75, 3.05) is 18.7 Å². The number of fused-ring (bicyclic) bond motifs is 1. The molecule has 0 unspecified atom stereocenters. The van der Waals surface area contributed by atoms with Gasteiger partial charge in [0.1, 0.15) is 6.54 Å². The van der Waals surface area contributed by atoms with Gasteiger partial charge in [-0.15, -0.1) is 11.3 Å². The number of thiophene rings is 1. The minimum Gasteiger partial charge on any atom is -0.454 e. The first-order valence-electron chi connectivity index (χ1n) is 11.0. The second-order valence-electron chi connectivity index (χ2n) is 8.27. The highest BCUT2D eigenvalue weighted by Crippen LogP contribution is 2.33. The molecule has 0 saturated heterocycles. The first-order chi connectivity index (χ1) is 16.8. The summed E-state index contributed by atoms with van der Waals surface area (Å²) in [6.45, 7) is 4.56. The van der Waals surface area contributed by atoms with E-state index < -0.39 is 6.03 Å². The highest BCUT2D eigenvalue weighted by atomic mass is 35.5. The van der Waals surface area contributed by atoms with Gasteiger partial charge in [0.15, 0.2) is 11.5 Å². The Hall–Kier alpha value is -2.94. The number of rotatable bonds is 8. The summed E-state index contributed by atoms with van der Waals surface area (Å²) in [6, 6.07) is 13.8. The van der Waals surface area contributed by atoms with Gasteiger partial charge in [0.25, 0.3) is 0 Å². The average Bonchev–Trinajstić information content (AvgIpc) is 3.50. The van der Waals surface area contributed by atoms with Crippen LogP contribution >= 0.6 is 34.5 Å². The van der Waals surface area contributed by atoms with E-state index in [4.69, 9.17) is 32.7 Å². The van der Waals surface area contributed by atoms with Crippen LogP contribution in [0.1, 0.15) is 24.3 Å². The lowest BCUT2D eigenvalue weighted by atomic mass is 10.2. The van der Waals surface area contributed by atoms with Crippen molar-refractivity contribution in [3.63, 3.8) is 0 Å². The molecule has 4 rings (SSSR count). The molecular weight excluding hydrogens is 509 g/mol. The van der Waals surface area contributed by atoms with Crippen molar-refractivity contribution in [1.82, 2.24) is 9.80 Å². The van der Waals surface area contributed by atoms with E-state index in [1.807, 2.05) is 49.6 Å². The van der Waals surface area contributed by atoms with Gasteiger partial charge in [-0.05, 0) is 55.1 Å². The van der Waals surface area contributed by atoms with Gasteiger partial charge in [-0.25, -0.2) is 4.79 Å². The zero-order valence-corrected chi connectivity index (χ0v) is 21.6. The summed E-state index contributed by atoms with van der Waals surface area (Å²) in [5.41, 5.74) is 1.22. The Morgan fingerprint density at radius 2 is 1.77 bits per heavy atom. The van der Waals surface area contributed by atoms with Crippen LogP contribution in [0.4, 0.5) is 10.5 Å². The molecular formula is C25H25Cl2N3O4S. The molecule has 1 N–H and O–H groups in total. The Kier molecular flexibility index (Phi) is 8.05. The standard InChI is InChI=1S/C25H25Cl2N3O4S/c1-16(2)30(25(32)28-24-19(26)6-3-7-20(24)27)14-23(31)29(13-18-5-4-10-35-18)12-17-8-9-21-22(11-17)34-15-33-21/h3-11,16H,12-15H2,1-2H3,(H,28,32). The molecule has 2 aromatic carbocycles. The van der Waals surface area contributed by atoms with Crippen LogP contribution in [0.5, 0.6) is 11.5 Å². The number of carbonyl (C=O) groups excluding carboxylic acids is 2. The number of anilines is 1. The molecule has 1 aromatic heterocycles. The zero-order valence-electron chi connectivity index (χ0n) is 19.3. The molecule has 0 aliphatic carbocycles. The van der Waals surface area contributed by atoms with E-state index in [0.717, 1.165) is 10.4 Å². The Balaban J connectivity index is 1.52. The van der Waals surface area contributed by atoms with E-state index in [1.165, 1.54) is 4.90 Å². The van der Waals surface area contributed by atoms with Crippen LogP contribution in [0.3, 0.4) is 0 Å². The van der Waals surface area contributed by atoms with Crippen LogP contribution in [0, 0.1) is 0 Å². The molecule has 0 atom stereocenters. The number of nitrogens with zero attached hydrogens (tertiary/aromatic N) is 2. The van der Waals surface area contributed by atoms with Gasteiger partial charge < -0.3 is 24.6 Å². The molecule has 184 valence electrons. The first-order valence-corrected chi connectivity index (χ1v) is 12.7. The fraction of sp³-hybridized carbons (Fsp3) is 0.280. The van der Waals surface area contributed by atoms with E-state index in [0.29, 0.717) is 40.3 Å². The van der Waals surface area contributed by atoms with Crippen LogP contribution in [-0.2, 0) is 17.9 Å². The third-order valence-electron chi connectivity index (χ3n) is 5.47. The molecule has 0 spiro atoms. The summed E-state index contributed by atoms with van der Waals surface area (Å²) >= 11 is 14.0. The number of carbonyl (C=O) groups is 2. The van der Waals surface area contributed by atoms with Crippen molar-refractivity contribution in [3.05, 3.63) is 74.4 Å². The molecule has 0 fully saturated rings. The summed E-state index contributed by atoms with van der Waals surface area (Å²) in [5, 5.41) is 5.37. The van der Waals surface area contributed by atoms with Gasteiger partial charge in [0.2, 0.25) is 12.7 Å². The fourth-order valence-corrected chi connectivity index (χ4v) is 4.82. The summed E-state index contributed by atoms with van der Waals surface area (Å²) in [5.74, 6) is 1.15. The summed E-state index contributed by atoms with van der Waals surface area (Å²) in [7, 11) is 0. The molecule has 0 radical (unpaired) electrons. The maximum atomic E-state index is 13.5. The molecule has 2 heterocycles. The molecule has 1 aliphatic heterocycles. The normalized spacial score (nSPS) is 12.0. The van der Waals surface area contributed by atoms with Gasteiger partial charge in [0, 0.05) is 17.5 Å². The van der Waals surface area contributed by atoms with Crippen molar-refractivity contribution in [2.45, 2.75) is 33.0 Å². The van der Waals surface area contributed by atoms with Crippen molar-refractivity contribution in [3.8, 4) is 11.5 Å². The van der Waals surface area contributed by atoms with Crippen LogP contribution in [0.15, 0.2) is 53.9 Å². The van der Waals surface area contributed by atoms with E-state index in [2.05, 4.69) is 5.32 Å². The summed E-state index contributed by atoms with van der Waals surface area (Å²) in [6.07, 6.45) is 0. The van der Waals surface area contributed by atoms with Gasteiger partial charge in [-0.1, -0.05) is 41.4 Å². The van der Waals surface area contributed by atoms with E-state index in [9.17, 15) is 9.59 Å². The number of nitrogens with one attached hydrogen (secondary N) is 1. The Bertz CT molecular complexity index is 1180. The number of ether oxygens (including phenoxy) is 2. The number of hydrogen-bond acceptors (Lipinski definition) is 5. The second-order valence-corrected chi connectivity index (χ2v) is 10.1. The monoisotopic (exact) mass is 533 g/mol. The number of para-hydroxylation sites is 1. The molecule has 3 amide bonds. The lowest BCUT2D eigenvalue weighted by Gasteiger charge is -2.30. The highest BCUT2D eigenvalue weighted by Gasteiger charge is 2.26. The van der Waals surface area contributed by atoms with Crippen molar-refractivity contribution < 1.29 is 19.1 Å². The summed E-state index contributed by atoms with van der Waals surface area (Å²) < 4.78 is 10.9. The van der Waals surface area contributed by atoms with E-state index >= 15 is 0 Å². The third kappa shape index (κ3) is 6.20. The summed E-state index contributed by atoms with van der Waals surface area (Å²) in [4.78, 5) is 30.9. The number of urea groups is 1. The van der Waals surface area contributed by atoms with Gasteiger partial charge in [-0.2, -0.15) is 0 Å².